The molecule has 3 heterocycles. The van der Waals surface area contributed by atoms with Crippen LogP contribution in [-0.2, 0) is 19.5 Å². The molecule has 5 rings (SSSR count). The highest BCUT2D eigenvalue weighted by molar-refractivity contribution is 6.01. The van der Waals surface area contributed by atoms with Gasteiger partial charge in [-0.2, -0.15) is 14.9 Å². The number of anilines is 1. The number of carbonyl (C=O) groups is 1. The first kappa shape index (κ1) is 16.7. The third-order valence-corrected chi connectivity index (χ3v) is 5.17. The molecule has 0 spiro atoms. The number of nitrogen functional groups attached to an aromatic ring is 1. The van der Waals surface area contributed by atoms with Crippen LogP contribution >= 0.6 is 0 Å². The maximum Gasteiger partial charge on any atom is 0.299 e. The van der Waals surface area contributed by atoms with E-state index in [4.69, 9.17) is 10.8 Å². The van der Waals surface area contributed by atoms with Crippen LogP contribution in [0, 0.1) is 0 Å². The first-order valence-corrected chi connectivity index (χ1v) is 9.32. The van der Waals surface area contributed by atoms with Crippen molar-refractivity contribution in [2.75, 3.05) is 12.3 Å². The molecule has 0 radical (unpaired) electrons. The molecule has 7 nitrogen and oxygen atoms in total. The van der Waals surface area contributed by atoms with E-state index in [2.05, 4.69) is 22.5 Å². The molecule has 0 saturated carbocycles. The molecule has 2 aromatic carbocycles. The molecule has 0 atom stereocenters. The molecule has 3 N–H and O–H groups in total. The summed E-state index contributed by atoms with van der Waals surface area (Å²) in [4.78, 5) is 13.3. The number of carbonyl (C=O) groups excluding carboxylic acids is 1. The zero-order chi connectivity index (χ0) is 19.1. The molecule has 0 saturated heterocycles. The maximum atomic E-state index is 13.3. The van der Waals surface area contributed by atoms with Crippen LogP contribution in [0.5, 0.6) is 0 Å². The van der Waals surface area contributed by atoms with Crippen LogP contribution in [0.15, 0.2) is 54.7 Å². The van der Waals surface area contributed by atoms with Crippen molar-refractivity contribution in [3.8, 4) is 0 Å². The van der Waals surface area contributed by atoms with Gasteiger partial charge >= 0.3 is 0 Å². The van der Waals surface area contributed by atoms with Crippen molar-refractivity contribution in [2.45, 2.75) is 19.5 Å². The molecular formula is C21H20N6O. The van der Waals surface area contributed by atoms with E-state index < -0.39 is 0 Å². The van der Waals surface area contributed by atoms with Crippen molar-refractivity contribution in [2.24, 2.45) is 0 Å². The lowest BCUT2D eigenvalue weighted by Crippen LogP contribution is -2.26. The second kappa shape index (κ2) is 6.61. The summed E-state index contributed by atoms with van der Waals surface area (Å²) in [6.07, 6.45) is 2.52. The third-order valence-electron chi connectivity index (χ3n) is 5.17. The predicted molar refractivity (Wildman–Crippen MR) is 107 cm³/mol. The lowest BCUT2D eigenvalue weighted by Gasteiger charge is -2.15. The molecule has 0 amide bonds. The lowest BCUT2D eigenvalue weighted by atomic mass is 10.1. The van der Waals surface area contributed by atoms with Crippen LogP contribution in [0.25, 0.3) is 10.9 Å². The Hall–Kier alpha value is -3.45. The van der Waals surface area contributed by atoms with Crippen molar-refractivity contribution < 1.29 is 4.79 Å². The average Bonchev–Trinajstić information content (AvgIpc) is 3.30. The topological polar surface area (TPSA) is 90.8 Å². The van der Waals surface area contributed by atoms with Crippen molar-refractivity contribution in [1.29, 1.82) is 0 Å². The lowest BCUT2D eigenvalue weighted by molar-refractivity contribution is 0.0943. The average molecular weight is 372 g/mol. The van der Waals surface area contributed by atoms with E-state index >= 15 is 0 Å². The van der Waals surface area contributed by atoms with Gasteiger partial charge in [-0.25, -0.2) is 0 Å². The number of benzene rings is 2. The number of fused-ring (bicyclic) bond motifs is 2. The fourth-order valence-corrected chi connectivity index (χ4v) is 3.78. The van der Waals surface area contributed by atoms with Crippen LogP contribution in [0.1, 0.15) is 27.3 Å². The van der Waals surface area contributed by atoms with Gasteiger partial charge in [0.25, 0.3) is 5.91 Å². The molecule has 1 aliphatic heterocycles. The van der Waals surface area contributed by atoms with Gasteiger partial charge in [0.05, 0.1) is 18.3 Å². The molecule has 0 unspecified atom stereocenters. The van der Waals surface area contributed by atoms with E-state index in [-0.39, 0.29) is 5.91 Å². The van der Waals surface area contributed by atoms with Crippen molar-refractivity contribution in [3.05, 3.63) is 77.2 Å². The van der Waals surface area contributed by atoms with E-state index in [1.165, 1.54) is 4.68 Å². The van der Waals surface area contributed by atoms with Crippen LogP contribution < -0.4 is 11.1 Å². The Balaban J connectivity index is 1.59. The molecule has 4 aromatic rings. The van der Waals surface area contributed by atoms with Gasteiger partial charge in [-0.1, -0.05) is 30.3 Å². The molecule has 2 aromatic heterocycles. The summed E-state index contributed by atoms with van der Waals surface area (Å²) in [5.41, 5.74) is 10.9. The van der Waals surface area contributed by atoms with E-state index in [0.29, 0.717) is 30.0 Å². The zero-order valence-electron chi connectivity index (χ0n) is 15.3. The monoisotopic (exact) mass is 372 g/mol. The number of nitrogens with zero attached hydrogens (tertiary/aromatic N) is 4. The van der Waals surface area contributed by atoms with E-state index in [9.17, 15) is 4.79 Å². The summed E-state index contributed by atoms with van der Waals surface area (Å²) >= 11 is 0. The van der Waals surface area contributed by atoms with Crippen molar-refractivity contribution >= 4 is 22.5 Å². The Labute approximate surface area is 161 Å². The van der Waals surface area contributed by atoms with Gasteiger partial charge in [-0.05, 0) is 23.8 Å². The highest BCUT2D eigenvalue weighted by Crippen LogP contribution is 2.23. The summed E-state index contributed by atoms with van der Waals surface area (Å²) in [6.45, 7) is 2.15. The number of rotatable bonds is 3. The van der Waals surface area contributed by atoms with E-state index in [1.807, 2.05) is 28.9 Å². The Bertz CT molecular complexity index is 1170. The highest BCUT2D eigenvalue weighted by atomic mass is 16.2. The van der Waals surface area contributed by atoms with E-state index in [0.717, 1.165) is 35.2 Å². The second-order valence-electron chi connectivity index (χ2n) is 7.02. The smallest absolute Gasteiger partial charge is 0.299 e. The fourth-order valence-electron chi connectivity index (χ4n) is 3.78. The van der Waals surface area contributed by atoms with Gasteiger partial charge in [0.2, 0.25) is 0 Å². The quantitative estimate of drug-likeness (QED) is 0.538. The molecular weight excluding hydrogens is 352 g/mol. The third kappa shape index (κ3) is 2.76. The van der Waals surface area contributed by atoms with Gasteiger partial charge in [0, 0.05) is 41.8 Å². The molecule has 0 aliphatic carbocycles. The molecule has 140 valence electrons. The SMILES string of the molecule is Nc1ccc2cnn(C(=O)c3nn(Cc4ccccc4)c4c3CNCC4)c2c1. The summed E-state index contributed by atoms with van der Waals surface area (Å²) in [5.74, 6) is -0.229. The Morgan fingerprint density at radius 3 is 2.89 bits per heavy atom. The maximum absolute atomic E-state index is 13.3. The summed E-state index contributed by atoms with van der Waals surface area (Å²) in [6, 6.07) is 15.6. The van der Waals surface area contributed by atoms with Gasteiger partial charge in [0.15, 0.2) is 5.69 Å². The Morgan fingerprint density at radius 2 is 2.04 bits per heavy atom. The van der Waals surface area contributed by atoms with Gasteiger partial charge in [-0.3, -0.25) is 9.48 Å². The first-order chi connectivity index (χ1) is 13.7. The highest BCUT2D eigenvalue weighted by Gasteiger charge is 2.27. The van der Waals surface area contributed by atoms with Crippen LogP contribution in [0.3, 0.4) is 0 Å². The molecule has 28 heavy (non-hydrogen) atoms. The summed E-state index contributed by atoms with van der Waals surface area (Å²) in [5, 5.41) is 13.2. The normalized spacial score (nSPS) is 13.6. The Kier molecular flexibility index (Phi) is 3.95. The minimum absolute atomic E-state index is 0.229. The number of aromatic nitrogens is 4. The minimum Gasteiger partial charge on any atom is -0.399 e. The molecule has 0 bridgehead atoms. The number of nitrogens with two attached hydrogens (primary N) is 1. The fraction of sp³-hybridized carbons (Fsp3) is 0.190. The Morgan fingerprint density at radius 1 is 1.18 bits per heavy atom. The van der Waals surface area contributed by atoms with Crippen LogP contribution in [-0.4, -0.2) is 32.0 Å². The summed E-state index contributed by atoms with van der Waals surface area (Å²) < 4.78 is 3.36. The van der Waals surface area contributed by atoms with Gasteiger partial charge in [0.1, 0.15) is 0 Å². The first-order valence-electron chi connectivity index (χ1n) is 9.32. The van der Waals surface area contributed by atoms with Gasteiger partial charge in [-0.15, -0.1) is 0 Å². The largest absolute Gasteiger partial charge is 0.399 e. The number of hydrogen-bond donors (Lipinski definition) is 2. The van der Waals surface area contributed by atoms with Crippen molar-refractivity contribution in [3.63, 3.8) is 0 Å². The standard InChI is InChI=1S/C21H20N6O/c22-16-7-6-15-11-24-27(19(15)10-16)21(28)20-17-12-23-9-8-18(17)26(25-20)13-14-4-2-1-3-5-14/h1-7,10-11,23H,8-9,12-13,22H2. The second-order valence-corrected chi connectivity index (χ2v) is 7.02. The summed E-state index contributed by atoms with van der Waals surface area (Å²) in [7, 11) is 0. The molecule has 1 aliphatic rings. The van der Waals surface area contributed by atoms with Gasteiger partial charge < -0.3 is 11.1 Å². The minimum atomic E-state index is -0.229. The van der Waals surface area contributed by atoms with E-state index in [1.54, 1.807) is 18.3 Å². The van der Waals surface area contributed by atoms with Crippen molar-refractivity contribution in [1.82, 2.24) is 24.9 Å². The number of hydrogen-bond acceptors (Lipinski definition) is 5. The van der Waals surface area contributed by atoms with Crippen LogP contribution in [0.4, 0.5) is 5.69 Å². The zero-order valence-corrected chi connectivity index (χ0v) is 15.3. The molecule has 7 heteroatoms. The van der Waals surface area contributed by atoms with Crippen LogP contribution in [0.2, 0.25) is 0 Å². The molecule has 0 fully saturated rings. The predicted octanol–water partition coefficient (Wildman–Crippen LogP) is 2.20. The number of nitrogens with one attached hydrogen (secondary N) is 1.